The first-order valence-electron chi connectivity index (χ1n) is 2.57. The summed E-state index contributed by atoms with van der Waals surface area (Å²) < 4.78 is 28.1. The molecule has 7 heteroatoms. The molecule has 0 rings (SSSR count). The SMILES string of the molecule is CC(=O)NC(=O)CS(=O)(=O)O. The molecule has 0 spiro atoms. The zero-order valence-electron chi connectivity index (χ0n) is 5.70. The summed E-state index contributed by atoms with van der Waals surface area (Å²) in [6, 6.07) is 0. The molecule has 0 heterocycles. The van der Waals surface area contributed by atoms with E-state index in [-0.39, 0.29) is 0 Å². The minimum absolute atomic E-state index is 0.668. The molecule has 0 aromatic heterocycles. The van der Waals surface area contributed by atoms with Gasteiger partial charge in [-0.3, -0.25) is 19.5 Å². The lowest BCUT2D eigenvalue weighted by Crippen LogP contribution is -2.33. The van der Waals surface area contributed by atoms with Gasteiger partial charge in [0.05, 0.1) is 0 Å². The number of hydrogen-bond acceptors (Lipinski definition) is 4. The number of imide groups is 1. The maximum Gasteiger partial charge on any atom is 0.274 e. The average Bonchev–Trinajstić information content (AvgIpc) is 1.53. The van der Waals surface area contributed by atoms with E-state index in [1.165, 1.54) is 0 Å². The Morgan fingerprint density at radius 1 is 1.45 bits per heavy atom. The summed E-state index contributed by atoms with van der Waals surface area (Å²) in [5.41, 5.74) is 0. The summed E-state index contributed by atoms with van der Waals surface area (Å²) in [5.74, 6) is -2.80. The maximum atomic E-state index is 10.4. The van der Waals surface area contributed by atoms with Gasteiger partial charge in [0.2, 0.25) is 11.8 Å². The minimum atomic E-state index is -4.33. The Morgan fingerprint density at radius 3 is 2.18 bits per heavy atom. The van der Waals surface area contributed by atoms with Gasteiger partial charge in [-0.15, -0.1) is 0 Å². The van der Waals surface area contributed by atoms with E-state index in [9.17, 15) is 18.0 Å². The topological polar surface area (TPSA) is 101 Å². The molecule has 0 bridgehead atoms. The van der Waals surface area contributed by atoms with Crippen molar-refractivity contribution in [3.8, 4) is 0 Å². The molecule has 0 saturated heterocycles. The molecule has 0 aromatic rings. The molecule has 0 atom stereocenters. The Kier molecular flexibility index (Phi) is 3.15. The molecule has 0 fully saturated rings. The van der Waals surface area contributed by atoms with Crippen LogP contribution in [0.1, 0.15) is 6.92 Å². The molecule has 0 aliphatic carbocycles. The first-order valence-corrected chi connectivity index (χ1v) is 4.18. The van der Waals surface area contributed by atoms with E-state index >= 15 is 0 Å². The van der Waals surface area contributed by atoms with Gasteiger partial charge in [-0.1, -0.05) is 0 Å². The third kappa shape index (κ3) is 6.94. The molecule has 0 saturated carbocycles. The van der Waals surface area contributed by atoms with Gasteiger partial charge >= 0.3 is 0 Å². The van der Waals surface area contributed by atoms with Crippen molar-refractivity contribution < 1.29 is 22.6 Å². The van der Waals surface area contributed by atoms with Crippen molar-refractivity contribution in [3.63, 3.8) is 0 Å². The van der Waals surface area contributed by atoms with Gasteiger partial charge in [0, 0.05) is 6.92 Å². The maximum absolute atomic E-state index is 10.4. The smallest absolute Gasteiger partial charge is 0.274 e. The second-order valence-electron chi connectivity index (χ2n) is 1.83. The minimum Gasteiger partial charge on any atom is -0.296 e. The van der Waals surface area contributed by atoms with Crippen molar-refractivity contribution in [1.29, 1.82) is 0 Å². The van der Waals surface area contributed by atoms with Crippen LogP contribution in [-0.2, 0) is 19.7 Å². The number of nitrogens with one attached hydrogen (secondary N) is 1. The van der Waals surface area contributed by atoms with E-state index in [0.717, 1.165) is 6.92 Å². The van der Waals surface area contributed by atoms with Gasteiger partial charge in [0.15, 0.2) is 5.75 Å². The van der Waals surface area contributed by atoms with Crippen molar-refractivity contribution in [3.05, 3.63) is 0 Å². The zero-order valence-corrected chi connectivity index (χ0v) is 6.51. The van der Waals surface area contributed by atoms with Crippen LogP contribution in [0.25, 0.3) is 0 Å². The Hall–Kier alpha value is -0.950. The third-order valence-electron chi connectivity index (χ3n) is 0.629. The van der Waals surface area contributed by atoms with E-state index in [2.05, 4.69) is 0 Å². The average molecular weight is 181 g/mol. The lowest BCUT2D eigenvalue weighted by atomic mass is 10.6. The molecule has 6 nitrogen and oxygen atoms in total. The first-order chi connectivity index (χ1) is 4.81. The number of carbonyl (C=O) groups is 2. The van der Waals surface area contributed by atoms with Gasteiger partial charge in [0.25, 0.3) is 10.1 Å². The van der Waals surface area contributed by atoms with E-state index in [0.29, 0.717) is 0 Å². The van der Waals surface area contributed by atoms with Crippen LogP contribution in [-0.4, -0.2) is 30.5 Å². The second-order valence-corrected chi connectivity index (χ2v) is 3.28. The van der Waals surface area contributed by atoms with Crippen LogP contribution in [0.3, 0.4) is 0 Å². The summed E-state index contributed by atoms with van der Waals surface area (Å²) >= 11 is 0. The molecule has 11 heavy (non-hydrogen) atoms. The van der Waals surface area contributed by atoms with E-state index in [4.69, 9.17) is 4.55 Å². The fourth-order valence-corrected chi connectivity index (χ4v) is 0.802. The largest absolute Gasteiger partial charge is 0.296 e. The van der Waals surface area contributed by atoms with Crippen LogP contribution < -0.4 is 5.32 Å². The monoisotopic (exact) mass is 181 g/mol. The van der Waals surface area contributed by atoms with E-state index in [1.54, 1.807) is 5.32 Å². The summed E-state index contributed by atoms with van der Waals surface area (Å²) in [4.78, 5) is 20.5. The molecule has 0 aliphatic heterocycles. The van der Waals surface area contributed by atoms with Crippen LogP contribution in [0.2, 0.25) is 0 Å². The standard InChI is InChI=1S/C4H7NO5S/c1-3(6)5-4(7)2-11(8,9)10/h2H2,1H3,(H,5,6,7)(H,8,9,10). The highest BCUT2D eigenvalue weighted by Gasteiger charge is 2.12. The molecule has 2 amide bonds. The molecule has 0 radical (unpaired) electrons. The van der Waals surface area contributed by atoms with Crippen LogP contribution in [0.4, 0.5) is 0 Å². The van der Waals surface area contributed by atoms with Gasteiger partial charge in [-0.2, -0.15) is 8.42 Å². The van der Waals surface area contributed by atoms with Gasteiger partial charge in [0.1, 0.15) is 0 Å². The summed E-state index contributed by atoms with van der Waals surface area (Å²) in [6.07, 6.45) is 0. The number of rotatable bonds is 2. The highest BCUT2D eigenvalue weighted by molar-refractivity contribution is 7.86. The summed E-state index contributed by atoms with van der Waals surface area (Å²) in [7, 11) is -4.33. The van der Waals surface area contributed by atoms with Crippen LogP contribution >= 0.6 is 0 Å². The van der Waals surface area contributed by atoms with Gasteiger partial charge < -0.3 is 0 Å². The van der Waals surface area contributed by atoms with Crippen LogP contribution in [0.5, 0.6) is 0 Å². The van der Waals surface area contributed by atoms with Crippen molar-refractivity contribution >= 4 is 21.9 Å². The first kappa shape index (κ1) is 10.0. The second kappa shape index (κ2) is 3.44. The lowest BCUT2D eigenvalue weighted by Gasteiger charge is -1.96. The summed E-state index contributed by atoms with van der Waals surface area (Å²) in [6.45, 7) is 1.06. The van der Waals surface area contributed by atoms with Crippen LogP contribution in [0.15, 0.2) is 0 Å². The molecule has 0 aliphatic rings. The Balaban J connectivity index is 4.01. The number of hydrogen-bond donors (Lipinski definition) is 2. The van der Waals surface area contributed by atoms with Gasteiger partial charge in [-0.25, -0.2) is 0 Å². The molecule has 2 N–H and O–H groups in total. The summed E-state index contributed by atoms with van der Waals surface area (Å²) in [5, 5.41) is 1.68. The fourth-order valence-electron chi connectivity index (χ4n) is 0.398. The Labute approximate surface area is 63.3 Å². The number of amides is 2. The van der Waals surface area contributed by atoms with Crippen LogP contribution in [0, 0.1) is 0 Å². The molecule has 0 unspecified atom stereocenters. The quantitative estimate of drug-likeness (QED) is 0.507. The highest BCUT2D eigenvalue weighted by Crippen LogP contribution is 1.80. The Bertz CT molecular complexity index is 266. The van der Waals surface area contributed by atoms with E-state index in [1.807, 2.05) is 0 Å². The van der Waals surface area contributed by atoms with Crippen molar-refractivity contribution in [1.82, 2.24) is 5.32 Å². The normalized spacial score (nSPS) is 10.7. The lowest BCUT2D eigenvalue weighted by molar-refractivity contribution is -0.127. The highest BCUT2D eigenvalue weighted by atomic mass is 32.2. The van der Waals surface area contributed by atoms with E-state index < -0.39 is 27.7 Å². The number of carbonyl (C=O) groups excluding carboxylic acids is 2. The molecular formula is C4H7NO5S. The van der Waals surface area contributed by atoms with Crippen molar-refractivity contribution in [2.45, 2.75) is 6.92 Å². The fraction of sp³-hybridized carbons (Fsp3) is 0.500. The molecular weight excluding hydrogens is 174 g/mol. The predicted molar refractivity (Wildman–Crippen MR) is 35.2 cm³/mol. The van der Waals surface area contributed by atoms with Crippen molar-refractivity contribution in [2.75, 3.05) is 5.75 Å². The Morgan fingerprint density at radius 2 is 1.91 bits per heavy atom. The van der Waals surface area contributed by atoms with Gasteiger partial charge in [-0.05, 0) is 0 Å². The van der Waals surface area contributed by atoms with Crippen molar-refractivity contribution in [2.24, 2.45) is 0 Å². The molecule has 64 valence electrons. The molecule has 0 aromatic carbocycles. The predicted octanol–water partition coefficient (Wildman–Crippen LogP) is -1.46. The third-order valence-corrected chi connectivity index (χ3v) is 1.26. The zero-order chi connectivity index (χ0) is 9.07.